The zero-order valence-corrected chi connectivity index (χ0v) is 14.7. The van der Waals surface area contributed by atoms with E-state index < -0.39 is 0 Å². The first-order chi connectivity index (χ1) is 12.2. The molecular weight excluding hydrogens is 310 g/mol. The van der Waals surface area contributed by atoms with E-state index in [1.807, 2.05) is 43.4 Å². The minimum atomic E-state index is 0.156. The molecule has 0 N–H and O–H groups in total. The average molecular weight is 333 g/mol. The fourth-order valence-corrected chi connectivity index (χ4v) is 2.93. The molecule has 3 aromatic carbocycles. The molecule has 3 rings (SSSR count). The summed E-state index contributed by atoms with van der Waals surface area (Å²) in [6.07, 6.45) is 1.25. The Morgan fingerprint density at radius 3 is 2.32 bits per heavy atom. The van der Waals surface area contributed by atoms with E-state index in [9.17, 15) is 4.79 Å². The van der Waals surface area contributed by atoms with Gasteiger partial charge in [0, 0.05) is 20.0 Å². The standard InChI is InChI=1S/C22H23NO2/c1-23(16-18-7-11-19-5-3-4-6-20(19)15-18)22(24)14-10-17-8-12-21(25-2)13-9-17/h3-9,11-13,15H,10,14,16H2,1-2H3. The molecule has 0 saturated carbocycles. The summed E-state index contributed by atoms with van der Waals surface area (Å²) in [6.45, 7) is 0.631. The maximum atomic E-state index is 12.4. The number of nitrogens with zero attached hydrogens (tertiary/aromatic N) is 1. The molecule has 128 valence electrons. The molecule has 0 aliphatic heterocycles. The quantitative estimate of drug-likeness (QED) is 0.667. The van der Waals surface area contributed by atoms with E-state index in [0.29, 0.717) is 13.0 Å². The lowest BCUT2D eigenvalue weighted by atomic mass is 10.1. The Morgan fingerprint density at radius 2 is 1.60 bits per heavy atom. The molecule has 0 atom stereocenters. The minimum absolute atomic E-state index is 0.156. The maximum absolute atomic E-state index is 12.4. The summed E-state index contributed by atoms with van der Waals surface area (Å²) < 4.78 is 5.15. The summed E-state index contributed by atoms with van der Waals surface area (Å²) >= 11 is 0. The molecule has 3 nitrogen and oxygen atoms in total. The van der Waals surface area contributed by atoms with E-state index in [1.165, 1.54) is 10.8 Å². The lowest BCUT2D eigenvalue weighted by molar-refractivity contribution is -0.130. The molecule has 25 heavy (non-hydrogen) atoms. The van der Waals surface area contributed by atoms with Crippen LogP contribution in [0.25, 0.3) is 10.8 Å². The van der Waals surface area contributed by atoms with Gasteiger partial charge in [-0.3, -0.25) is 4.79 Å². The Balaban J connectivity index is 1.57. The van der Waals surface area contributed by atoms with Crippen molar-refractivity contribution in [3.8, 4) is 5.75 Å². The number of ether oxygens (including phenoxy) is 1. The second-order valence-corrected chi connectivity index (χ2v) is 6.28. The van der Waals surface area contributed by atoms with Crippen molar-refractivity contribution >= 4 is 16.7 Å². The molecule has 0 saturated heterocycles. The number of aryl methyl sites for hydroxylation is 1. The van der Waals surface area contributed by atoms with E-state index in [2.05, 4.69) is 30.3 Å². The van der Waals surface area contributed by atoms with Gasteiger partial charge in [-0.15, -0.1) is 0 Å². The van der Waals surface area contributed by atoms with E-state index in [0.717, 1.165) is 23.3 Å². The third-order valence-corrected chi connectivity index (χ3v) is 4.45. The zero-order valence-electron chi connectivity index (χ0n) is 14.7. The molecule has 0 radical (unpaired) electrons. The summed E-state index contributed by atoms with van der Waals surface area (Å²) in [6, 6.07) is 22.5. The number of amides is 1. The van der Waals surface area contributed by atoms with Crippen molar-refractivity contribution in [2.24, 2.45) is 0 Å². The van der Waals surface area contributed by atoms with E-state index >= 15 is 0 Å². The monoisotopic (exact) mass is 333 g/mol. The van der Waals surface area contributed by atoms with Crippen molar-refractivity contribution in [3.05, 3.63) is 77.9 Å². The highest BCUT2D eigenvalue weighted by Gasteiger charge is 2.10. The van der Waals surface area contributed by atoms with Crippen LogP contribution < -0.4 is 4.74 Å². The molecule has 0 bridgehead atoms. The second kappa shape index (κ2) is 7.84. The van der Waals surface area contributed by atoms with Crippen LogP contribution in [0, 0.1) is 0 Å². The highest BCUT2D eigenvalue weighted by atomic mass is 16.5. The second-order valence-electron chi connectivity index (χ2n) is 6.28. The third-order valence-electron chi connectivity index (χ3n) is 4.45. The van der Waals surface area contributed by atoms with Crippen LogP contribution in [0.15, 0.2) is 66.7 Å². The number of carbonyl (C=O) groups is 1. The van der Waals surface area contributed by atoms with Crippen molar-refractivity contribution < 1.29 is 9.53 Å². The van der Waals surface area contributed by atoms with Crippen molar-refractivity contribution in [2.75, 3.05) is 14.2 Å². The van der Waals surface area contributed by atoms with Crippen molar-refractivity contribution in [3.63, 3.8) is 0 Å². The SMILES string of the molecule is COc1ccc(CCC(=O)N(C)Cc2ccc3ccccc3c2)cc1. The fourth-order valence-electron chi connectivity index (χ4n) is 2.93. The first-order valence-corrected chi connectivity index (χ1v) is 8.50. The molecule has 0 aromatic heterocycles. The predicted molar refractivity (Wildman–Crippen MR) is 102 cm³/mol. The normalized spacial score (nSPS) is 10.6. The third kappa shape index (κ3) is 4.38. The van der Waals surface area contributed by atoms with Crippen LogP contribution in [0.1, 0.15) is 17.5 Å². The topological polar surface area (TPSA) is 29.5 Å². The number of hydrogen-bond donors (Lipinski definition) is 0. The summed E-state index contributed by atoms with van der Waals surface area (Å²) in [5, 5.41) is 2.43. The summed E-state index contributed by atoms with van der Waals surface area (Å²) in [4.78, 5) is 14.2. The lowest BCUT2D eigenvalue weighted by Gasteiger charge is -2.18. The van der Waals surface area contributed by atoms with Crippen LogP contribution in [0.2, 0.25) is 0 Å². The molecule has 3 heteroatoms. The van der Waals surface area contributed by atoms with Crippen molar-refractivity contribution in [1.29, 1.82) is 0 Å². The Labute approximate surface area is 148 Å². The van der Waals surface area contributed by atoms with Gasteiger partial charge in [-0.05, 0) is 46.5 Å². The highest BCUT2D eigenvalue weighted by Crippen LogP contribution is 2.17. The molecule has 3 aromatic rings. The highest BCUT2D eigenvalue weighted by molar-refractivity contribution is 5.83. The van der Waals surface area contributed by atoms with E-state index in [1.54, 1.807) is 12.0 Å². The first kappa shape index (κ1) is 17.0. The van der Waals surface area contributed by atoms with Gasteiger partial charge < -0.3 is 9.64 Å². The van der Waals surface area contributed by atoms with Crippen LogP contribution in [0.3, 0.4) is 0 Å². The summed E-state index contributed by atoms with van der Waals surface area (Å²) in [5.74, 6) is 0.993. The van der Waals surface area contributed by atoms with Gasteiger partial charge in [-0.2, -0.15) is 0 Å². The summed E-state index contributed by atoms with van der Waals surface area (Å²) in [7, 11) is 3.52. The Hall–Kier alpha value is -2.81. The number of methoxy groups -OCH3 is 1. The minimum Gasteiger partial charge on any atom is -0.497 e. The van der Waals surface area contributed by atoms with Crippen molar-refractivity contribution in [1.82, 2.24) is 4.90 Å². The molecule has 0 aliphatic carbocycles. The number of carbonyl (C=O) groups excluding carboxylic acids is 1. The maximum Gasteiger partial charge on any atom is 0.222 e. The van der Waals surface area contributed by atoms with Crippen LogP contribution in [0.4, 0.5) is 0 Å². The van der Waals surface area contributed by atoms with E-state index in [4.69, 9.17) is 4.74 Å². The Bertz CT molecular complexity index is 855. The van der Waals surface area contributed by atoms with Gasteiger partial charge in [0.2, 0.25) is 5.91 Å². The first-order valence-electron chi connectivity index (χ1n) is 8.50. The number of fused-ring (bicyclic) bond motifs is 1. The molecule has 0 fully saturated rings. The predicted octanol–water partition coefficient (Wildman–Crippen LogP) is 4.44. The van der Waals surface area contributed by atoms with Crippen LogP contribution in [-0.2, 0) is 17.8 Å². The smallest absolute Gasteiger partial charge is 0.222 e. The lowest BCUT2D eigenvalue weighted by Crippen LogP contribution is -2.26. The largest absolute Gasteiger partial charge is 0.497 e. The van der Waals surface area contributed by atoms with Gasteiger partial charge in [0.25, 0.3) is 0 Å². The average Bonchev–Trinajstić information content (AvgIpc) is 2.66. The molecule has 0 heterocycles. The van der Waals surface area contributed by atoms with Gasteiger partial charge >= 0.3 is 0 Å². The van der Waals surface area contributed by atoms with Gasteiger partial charge in [0.05, 0.1) is 7.11 Å². The fraction of sp³-hybridized carbons (Fsp3) is 0.227. The zero-order chi connectivity index (χ0) is 17.6. The number of hydrogen-bond acceptors (Lipinski definition) is 2. The molecule has 0 unspecified atom stereocenters. The van der Waals surface area contributed by atoms with Gasteiger partial charge in [-0.1, -0.05) is 48.5 Å². The molecule has 0 aliphatic rings. The van der Waals surface area contributed by atoms with Crippen LogP contribution >= 0.6 is 0 Å². The van der Waals surface area contributed by atoms with Gasteiger partial charge in [-0.25, -0.2) is 0 Å². The van der Waals surface area contributed by atoms with Gasteiger partial charge in [0.1, 0.15) is 5.75 Å². The van der Waals surface area contributed by atoms with Crippen LogP contribution in [0.5, 0.6) is 5.75 Å². The molecule has 1 amide bonds. The van der Waals surface area contributed by atoms with Crippen LogP contribution in [-0.4, -0.2) is 25.0 Å². The number of rotatable bonds is 6. The Morgan fingerprint density at radius 1 is 0.920 bits per heavy atom. The van der Waals surface area contributed by atoms with Crippen molar-refractivity contribution in [2.45, 2.75) is 19.4 Å². The summed E-state index contributed by atoms with van der Waals surface area (Å²) in [5.41, 5.74) is 2.30. The van der Waals surface area contributed by atoms with E-state index in [-0.39, 0.29) is 5.91 Å². The molecular formula is C22H23NO2. The Kier molecular flexibility index (Phi) is 5.34. The number of benzene rings is 3. The van der Waals surface area contributed by atoms with Gasteiger partial charge in [0.15, 0.2) is 0 Å². The molecule has 0 spiro atoms.